The van der Waals surface area contributed by atoms with E-state index in [1.807, 2.05) is 32.0 Å². The van der Waals surface area contributed by atoms with Crippen molar-refractivity contribution in [3.63, 3.8) is 0 Å². The second-order valence-corrected chi connectivity index (χ2v) is 4.04. The summed E-state index contributed by atoms with van der Waals surface area (Å²) in [6.07, 6.45) is 0. The van der Waals surface area contributed by atoms with E-state index in [2.05, 4.69) is 0 Å². The van der Waals surface area contributed by atoms with Crippen molar-refractivity contribution in [3.8, 4) is 6.07 Å². The summed E-state index contributed by atoms with van der Waals surface area (Å²) >= 11 is 0. The molecule has 96 valence electrons. The van der Waals surface area contributed by atoms with Gasteiger partial charge in [-0.05, 0) is 26.3 Å². The number of hydrogen-bond acceptors (Lipinski definition) is 4. The molecule has 1 aromatic carbocycles. The molecule has 0 aliphatic carbocycles. The lowest BCUT2D eigenvalue weighted by Gasteiger charge is -2.24. The van der Waals surface area contributed by atoms with E-state index in [9.17, 15) is 10.1 Å². The first-order valence-electron chi connectivity index (χ1n) is 5.73. The summed E-state index contributed by atoms with van der Waals surface area (Å²) < 4.78 is 10.1. The SMILES string of the molecule is CCOC(=O)C(C#N)(OC)c1ccc(C)cc1C. The zero-order chi connectivity index (χ0) is 13.8. The average Bonchev–Trinajstić information content (AvgIpc) is 2.34. The first-order valence-corrected chi connectivity index (χ1v) is 5.73. The number of rotatable bonds is 4. The Morgan fingerprint density at radius 2 is 2.11 bits per heavy atom. The summed E-state index contributed by atoms with van der Waals surface area (Å²) in [5.74, 6) is -0.679. The van der Waals surface area contributed by atoms with Crippen molar-refractivity contribution < 1.29 is 14.3 Å². The van der Waals surface area contributed by atoms with Gasteiger partial charge in [-0.3, -0.25) is 0 Å². The largest absolute Gasteiger partial charge is 0.463 e. The first-order chi connectivity index (χ1) is 8.51. The van der Waals surface area contributed by atoms with Gasteiger partial charge in [-0.15, -0.1) is 0 Å². The molecule has 0 saturated carbocycles. The third-order valence-corrected chi connectivity index (χ3v) is 2.79. The van der Waals surface area contributed by atoms with Crippen LogP contribution >= 0.6 is 0 Å². The Labute approximate surface area is 107 Å². The van der Waals surface area contributed by atoms with Crippen molar-refractivity contribution in [2.45, 2.75) is 26.4 Å². The number of ether oxygens (including phenoxy) is 2. The lowest BCUT2D eigenvalue weighted by molar-refractivity contribution is -0.163. The molecule has 0 bridgehead atoms. The third kappa shape index (κ3) is 2.36. The van der Waals surface area contributed by atoms with E-state index in [0.717, 1.165) is 11.1 Å². The maximum Gasteiger partial charge on any atom is 0.358 e. The van der Waals surface area contributed by atoms with Gasteiger partial charge in [0.25, 0.3) is 5.60 Å². The number of nitrogens with zero attached hydrogens (tertiary/aromatic N) is 1. The smallest absolute Gasteiger partial charge is 0.358 e. The molecule has 4 nitrogen and oxygen atoms in total. The minimum atomic E-state index is -1.69. The van der Waals surface area contributed by atoms with Gasteiger partial charge < -0.3 is 9.47 Å². The lowest BCUT2D eigenvalue weighted by atomic mass is 9.90. The van der Waals surface area contributed by atoms with Crippen molar-refractivity contribution in [3.05, 3.63) is 34.9 Å². The van der Waals surface area contributed by atoms with Gasteiger partial charge >= 0.3 is 5.97 Å². The number of benzene rings is 1. The zero-order valence-electron chi connectivity index (χ0n) is 11.1. The summed E-state index contributed by atoms with van der Waals surface area (Å²) in [6.45, 7) is 5.68. The molecule has 0 spiro atoms. The van der Waals surface area contributed by atoms with Crippen LogP contribution in [0, 0.1) is 25.2 Å². The van der Waals surface area contributed by atoms with E-state index in [1.54, 1.807) is 13.0 Å². The van der Waals surface area contributed by atoms with Crippen LogP contribution in [0.5, 0.6) is 0 Å². The van der Waals surface area contributed by atoms with Crippen molar-refractivity contribution in [1.29, 1.82) is 5.26 Å². The number of aryl methyl sites for hydroxylation is 2. The molecule has 1 rings (SSSR count). The monoisotopic (exact) mass is 247 g/mol. The number of esters is 1. The fourth-order valence-corrected chi connectivity index (χ4v) is 1.90. The average molecular weight is 247 g/mol. The number of nitriles is 1. The number of carbonyl (C=O) groups excluding carboxylic acids is 1. The van der Waals surface area contributed by atoms with E-state index in [0.29, 0.717) is 5.56 Å². The molecule has 0 aromatic heterocycles. The van der Waals surface area contributed by atoms with Gasteiger partial charge in [0.15, 0.2) is 0 Å². The highest BCUT2D eigenvalue weighted by Crippen LogP contribution is 2.29. The van der Waals surface area contributed by atoms with Crippen LogP contribution < -0.4 is 0 Å². The molecule has 0 aliphatic rings. The summed E-state index contributed by atoms with van der Waals surface area (Å²) in [4.78, 5) is 12.0. The topological polar surface area (TPSA) is 59.3 Å². The molecule has 0 amide bonds. The Hall–Kier alpha value is -1.86. The van der Waals surface area contributed by atoms with Gasteiger partial charge in [-0.1, -0.05) is 23.8 Å². The van der Waals surface area contributed by atoms with Crippen LogP contribution in [0.25, 0.3) is 0 Å². The predicted molar refractivity (Wildman–Crippen MR) is 66.8 cm³/mol. The summed E-state index contributed by atoms with van der Waals surface area (Å²) in [6, 6.07) is 7.40. The maximum absolute atomic E-state index is 12.0. The molecule has 4 heteroatoms. The molecule has 18 heavy (non-hydrogen) atoms. The van der Waals surface area contributed by atoms with Crippen LogP contribution in [0.4, 0.5) is 0 Å². The van der Waals surface area contributed by atoms with Crippen LogP contribution in [-0.4, -0.2) is 19.7 Å². The van der Waals surface area contributed by atoms with Gasteiger partial charge in [0, 0.05) is 12.7 Å². The van der Waals surface area contributed by atoms with E-state index < -0.39 is 11.6 Å². The molecule has 0 saturated heterocycles. The van der Waals surface area contributed by atoms with Crippen LogP contribution in [0.2, 0.25) is 0 Å². The van der Waals surface area contributed by atoms with Crippen LogP contribution in [0.15, 0.2) is 18.2 Å². The Morgan fingerprint density at radius 1 is 1.44 bits per heavy atom. The lowest BCUT2D eigenvalue weighted by Crippen LogP contribution is -2.38. The molecule has 0 radical (unpaired) electrons. The van der Waals surface area contributed by atoms with Gasteiger partial charge in [-0.25, -0.2) is 4.79 Å². The minimum absolute atomic E-state index is 0.205. The van der Waals surface area contributed by atoms with Crippen LogP contribution in [0.1, 0.15) is 23.6 Å². The fourth-order valence-electron chi connectivity index (χ4n) is 1.90. The molecule has 0 N–H and O–H groups in total. The molecule has 1 atom stereocenters. The van der Waals surface area contributed by atoms with E-state index >= 15 is 0 Å². The van der Waals surface area contributed by atoms with Crippen molar-refractivity contribution >= 4 is 5.97 Å². The summed E-state index contributed by atoms with van der Waals surface area (Å²) in [5, 5.41) is 9.34. The van der Waals surface area contributed by atoms with Crippen LogP contribution in [-0.2, 0) is 19.9 Å². The van der Waals surface area contributed by atoms with Gasteiger partial charge in [0.1, 0.15) is 6.07 Å². The summed E-state index contributed by atoms with van der Waals surface area (Å²) in [5.41, 5.74) is 0.722. The van der Waals surface area contributed by atoms with Crippen molar-refractivity contribution in [1.82, 2.24) is 0 Å². The third-order valence-electron chi connectivity index (χ3n) is 2.79. The second kappa shape index (κ2) is 5.65. The maximum atomic E-state index is 12.0. The molecule has 1 aromatic rings. The van der Waals surface area contributed by atoms with E-state index in [4.69, 9.17) is 9.47 Å². The molecule has 0 aliphatic heterocycles. The highest BCUT2D eigenvalue weighted by atomic mass is 16.6. The molecule has 0 fully saturated rings. The quantitative estimate of drug-likeness (QED) is 0.765. The molecular formula is C14H17NO3. The molecule has 0 heterocycles. The molecule has 1 unspecified atom stereocenters. The zero-order valence-corrected chi connectivity index (χ0v) is 11.1. The van der Waals surface area contributed by atoms with Crippen molar-refractivity contribution in [2.75, 3.05) is 13.7 Å². The normalized spacial score (nSPS) is 13.5. The number of carbonyl (C=O) groups is 1. The highest BCUT2D eigenvalue weighted by molar-refractivity contribution is 5.85. The highest BCUT2D eigenvalue weighted by Gasteiger charge is 2.43. The predicted octanol–water partition coefficient (Wildman–Crippen LogP) is 2.23. The van der Waals surface area contributed by atoms with Gasteiger partial charge in [-0.2, -0.15) is 5.26 Å². The van der Waals surface area contributed by atoms with Crippen molar-refractivity contribution in [2.24, 2.45) is 0 Å². The Morgan fingerprint density at radius 3 is 2.56 bits per heavy atom. The Balaban J connectivity index is 3.36. The van der Waals surface area contributed by atoms with Gasteiger partial charge in [0.05, 0.1) is 6.61 Å². The van der Waals surface area contributed by atoms with E-state index in [1.165, 1.54) is 7.11 Å². The number of hydrogen-bond donors (Lipinski definition) is 0. The Kier molecular flexibility index (Phi) is 4.46. The minimum Gasteiger partial charge on any atom is -0.463 e. The first kappa shape index (κ1) is 14.2. The van der Waals surface area contributed by atoms with Crippen LogP contribution in [0.3, 0.4) is 0 Å². The fraction of sp³-hybridized carbons (Fsp3) is 0.429. The Bertz CT molecular complexity index is 490. The van der Waals surface area contributed by atoms with E-state index in [-0.39, 0.29) is 6.61 Å². The summed E-state index contributed by atoms with van der Waals surface area (Å²) in [7, 11) is 1.33. The number of methoxy groups -OCH3 is 1. The standard InChI is InChI=1S/C14H17NO3/c1-5-18-13(16)14(9-15,17-4)12-7-6-10(2)8-11(12)3/h6-8H,5H2,1-4H3. The second-order valence-electron chi connectivity index (χ2n) is 4.04. The molecular weight excluding hydrogens is 230 g/mol. The van der Waals surface area contributed by atoms with Gasteiger partial charge in [0.2, 0.25) is 0 Å².